The third-order valence-electron chi connectivity index (χ3n) is 5.29. The number of rotatable bonds is 3. The van der Waals surface area contributed by atoms with Crippen LogP contribution in [0.2, 0.25) is 0 Å². The lowest BCUT2D eigenvalue weighted by atomic mass is 9.94. The van der Waals surface area contributed by atoms with E-state index < -0.39 is 5.97 Å². The molecule has 1 aliphatic carbocycles. The van der Waals surface area contributed by atoms with Crippen molar-refractivity contribution in [1.29, 1.82) is 0 Å². The molecule has 0 unspecified atom stereocenters. The highest BCUT2D eigenvalue weighted by Gasteiger charge is 2.48. The van der Waals surface area contributed by atoms with Gasteiger partial charge in [-0.1, -0.05) is 6.08 Å². The van der Waals surface area contributed by atoms with Crippen LogP contribution in [0.15, 0.2) is 23.5 Å². The minimum absolute atomic E-state index is 0.0661. The Morgan fingerprint density at radius 1 is 1.38 bits per heavy atom. The van der Waals surface area contributed by atoms with Crippen LogP contribution >= 0.6 is 0 Å². The molecule has 2 aromatic rings. The highest BCUT2D eigenvalue weighted by molar-refractivity contribution is 6.11. The maximum absolute atomic E-state index is 12.3. The highest BCUT2D eigenvalue weighted by atomic mass is 16.5. The van der Waals surface area contributed by atoms with Gasteiger partial charge in [-0.3, -0.25) is 14.1 Å². The number of aromatic nitrogens is 3. The number of ether oxygens (including phenoxy) is 1. The topological polar surface area (TPSA) is 97.0 Å². The number of methoxy groups -OCH3 is 1. The van der Waals surface area contributed by atoms with E-state index in [-0.39, 0.29) is 17.6 Å². The number of aryl methyl sites for hydroxylation is 1. The second kappa shape index (κ2) is 5.17. The number of aliphatic carboxylic acids is 1. The molecule has 3 aliphatic rings. The first-order valence-corrected chi connectivity index (χ1v) is 8.52. The molecule has 0 spiro atoms. The van der Waals surface area contributed by atoms with Gasteiger partial charge in [-0.25, -0.2) is 9.78 Å². The third kappa shape index (κ3) is 1.89. The van der Waals surface area contributed by atoms with Gasteiger partial charge in [0.05, 0.1) is 18.8 Å². The van der Waals surface area contributed by atoms with E-state index in [0.29, 0.717) is 29.3 Å². The van der Waals surface area contributed by atoms with Crippen molar-refractivity contribution < 1.29 is 19.4 Å². The number of carboxylic acid groups (broad SMARTS) is 1. The Bertz CT molecular complexity index is 1050. The van der Waals surface area contributed by atoms with Crippen LogP contribution < -0.4 is 4.74 Å². The molecule has 132 valence electrons. The van der Waals surface area contributed by atoms with E-state index in [2.05, 4.69) is 9.97 Å². The second-order valence-electron chi connectivity index (χ2n) is 6.66. The lowest BCUT2D eigenvalue weighted by Crippen LogP contribution is -2.52. The average Bonchev–Trinajstić information content (AvgIpc) is 3.33. The molecular formula is C18H16N4O4. The normalized spacial score (nSPS) is 22.4. The number of carboxylic acids is 1. The fourth-order valence-corrected chi connectivity index (χ4v) is 4.12. The first kappa shape index (κ1) is 15.1. The van der Waals surface area contributed by atoms with E-state index in [0.717, 1.165) is 30.5 Å². The molecule has 1 N–H and O–H groups in total. The summed E-state index contributed by atoms with van der Waals surface area (Å²) in [6.07, 6.45) is 8.68. The van der Waals surface area contributed by atoms with E-state index in [1.807, 2.05) is 10.6 Å². The SMILES string of the molecule is COc1nc2nc(C=C3C(=O)N4C(C(=O)O)=CC[C@H]34)cn2c2c1CCC2. The fraction of sp³-hybridized carbons (Fsp3) is 0.333. The van der Waals surface area contributed by atoms with Gasteiger partial charge in [-0.15, -0.1) is 0 Å². The van der Waals surface area contributed by atoms with Gasteiger partial charge >= 0.3 is 5.97 Å². The first-order valence-electron chi connectivity index (χ1n) is 8.52. The van der Waals surface area contributed by atoms with E-state index in [1.165, 1.54) is 4.90 Å². The largest absolute Gasteiger partial charge is 0.481 e. The summed E-state index contributed by atoms with van der Waals surface area (Å²) in [6, 6.07) is -0.202. The first-order chi connectivity index (χ1) is 12.6. The molecule has 1 amide bonds. The minimum Gasteiger partial charge on any atom is -0.481 e. The van der Waals surface area contributed by atoms with Crippen molar-refractivity contribution >= 4 is 23.7 Å². The Balaban J connectivity index is 1.53. The van der Waals surface area contributed by atoms with Crippen LogP contribution in [0.1, 0.15) is 29.8 Å². The Morgan fingerprint density at radius 3 is 3.00 bits per heavy atom. The van der Waals surface area contributed by atoms with Crippen LogP contribution in [0.3, 0.4) is 0 Å². The van der Waals surface area contributed by atoms with Crippen LogP contribution in [-0.4, -0.2) is 49.4 Å². The van der Waals surface area contributed by atoms with Crippen LogP contribution in [-0.2, 0) is 22.4 Å². The summed E-state index contributed by atoms with van der Waals surface area (Å²) in [5.41, 5.74) is 3.57. The second-order valence-corrected chi connectivity index (χ2v) is 6.66. The van der Waals surface area contributed by atoms with Crippen LogP contribution in [0, 0.1) is 0 Å². The van der Waals surface area contributed by atoms with Crippen LogP contribution in [0.25, 0.3) is 11.9 Å². The minimum atomic E-state index is -1.07. The Morgan fingerprint density at radius 2 is 2.23 bits per heavy atom. The maximum atomic E-state index is 12.3. The lowest BCUT2D eigenvalue weighted by molar-refractivity contribution is -0.142. The van der Waals surface area contributed by atoms with E-state index >= 15 is 0 Å². The van der Waals surface area contributed by atoms with Crippen molar-refractivity contribution in [2.45, 2.75) is 31.7 Å². The summed E-state index contributed by atoms with van der Waals surface area (Å²) >= 11 is 0. The van der Waals surface area contributed by atoms with Gasteiger partial charge in [0.1, 0.15) is 5.70 Å². The van der Waals surface area contributed by atoms with Crippen molar-refractivity contribution in [3.63, 3.8) is 0 Å². The quantitative estimate of drug-likeness (QED) is 0.658. The third-order valence-corrected chi connectivity index (χ3v) is 5.29. The molecule has 1 fully saturated rings. The molecule has 1 atom stereocenters. The van der Waals surface area contributed by atoms with E-state index in [9.17, 15) is 9.59 Å². The number of hydrogen-bond acceptors (Lipinski definition) is 5. The molecule has 2 aromatic heterocycles. The molecule has 0 bridgehead atoms. The predicted octanol–water partition coefficient (Wildman–Crippen LogP) is 1.19. The number of hydrogen-bond donors (Lipinski definition) is 1. The standard InChI is InChI=1S/C18H16N4O4/c1-26-15-10-3-2-4-12(10)21-8-9(19-18(21)20-15)7-11-13-5-6-14(17(24)25)22(13)16(11)23/h6-8,13H,2-5H2,1H3,(H,24,25)/t13-/m1/s1. The monoisotopic (exact) mass is 352 g/mol. The zero-order valence-electron chi connectivity index (χ0n) is 14.1. The summed E-state index contributed by atoms with van der Waals surface area (Å²) in [7, 11) is 1.61. The van der Waals surface area contributed by atoms with Gasteiger partial charge in [-0.05, 0) is 31.8 Å². The number of β-lactam (4-membered cyclic amide) rings is 1. The predicted molar refractivity (Wildman–Crippen MR) is 90.5 cm³/mol. The van der Waals surface area contributed by atoms with Gasteiger partial charge in [0, 0.05) is 23.0 Å². The van der Waals surface area contributed by atoms with Gasteiger partial charge < -0.3 is 9.84 Å². The average molecular weight is 352 g/mol. The van der Waals surface area contributed by atoms with Gasteiger partial charge in [0.25, 0.3) is 5.91 Å². The summed E-state index contributed by atoms with van der Waals surface area (Å²) in [5.74, 6) is -0.172. The van der Waals surface area contributed by atoms with Crippen LogP contribution in [0.5, 0.6) is 5.88 Å². The summed E-state index contributed by atoms with van der Waals surface area (Å²) in [4.78, 5) is 33.8. The zero-order chi connectivity index (χ0) is 18.0. The molecular weight excluding hydrogens is 336 g/mol. The molecule has 2 aliphatic heterocycles. The van der Waals surface area contributed by atoms with Crippen molar-refractivity contribution in [1.82, 2.24) is 19.3 Å². The van der Waals surface area contributed by atoms with Gasteiger partial charge in [0.15, 0.2) is 0 Å². The maximum Gasteiger partial charge on any atom is 0.352 e. The highest BCUT2D eigenvalue weighted by Crippen LogP contribution is 2.39. The summed E-state index contributed by atoms with van der Waals surface area (Å²) < 4.78 is 7.36. The van der Waals surface area contributed by atoms with Gasteiger partial charge in [0.2, 0.25) is 11.7 Å². The molecule has 1 saturated heterocycles. The molecule has 5 rings (SSSR count). The zero-order valence-corrected chi connectivity index (χ0v) is 14.1. The number of fused-ring (bicyclic) bond motifs is 4. The van der Waals surface area contributed by atoms with Crippen molar-refractivity contribution in [2.75, 3.05) is 7.11 Å². The number of amides is 1. The van der Waals surface area contributed by atoms with Gasteiger partial charge in [-0.2, -0.15) is 4.98 Å². The molecule has 4 heterocycles. The molecule has 0 saturated carbocycles. The Kier molecular flexibility index (Phi) is 3.01. The van der Waals surface area contributed by atoms with Crippen molar-refractivity contribution in [2.24, 2.45) is 0 Å². The van der Waals surface area contributed by atoms with Crippen molar-refractivity contribution in [3.05, 3.63) is 40.5 Å². The van der Waals surface area contributed by atoms with Crippen molar-refractivity contribution in [3.8, 4) is 5.88 Å². The fourth-order valence-electron chi connectivity index (χ4n) is 4.12. The number of carbonyl (C=O) groups excluding carboxylic acids is 1. The molecule has 0 radical (unpaired) electrons. The molecule has 8 nitrogen and oxygen atoms in total. The smallest absolute Gasteiger partial charge is 0.352 e. The lowest BCUT2D eigenvalue weighted by Gasteiger charge is -2.38. The van der Waals surface area contributed by atoms with Crippen LogP contribution in [0.4, 0.5) is 0 Å². The Hall–Kier alpha value is -3.16. The molecule has 0 aromatic carbocycles. The summed E-state index contributed by atoms with van der Waals surface area (Å²) in [5, 5.41) is 9.15. The molecule has 26 heavy (non-hydrogen) atoms. The number of imidazole rings is 1. The Labute approximate surface area is 148 Å². The number of nitrogens with zero attached hydrogens (tertiary/aromatic N) is 4. The van der Waals surface area contributed by atoms with E-state index in [1.54, 1.807) is 19.3 Å². The number of carbonyl (C=O) groups is 2. The summed E-state index contributed by atoms with van der Waals surface area (Å²) in [6.45, 7) is 0. The van der Waals surface area contributed by atoms with E-state index in [4.69, 9.17) is 9.84 Å². The molecule has 8 heteroatoms.